The lowest BCUT2D eigenvalue weighted by atomic mass is 10.0. The summed E-state index contributed by atoms with van der Waals surface area (Å²) in [5, 5.41) is 3.91. The van der Waals surface area contributed by atoms with Gasteiger partial charge in [-0.2, -0.15) is 0 Å². The van der Waals surface area contributed by atoms with Crippen LogP contribution in [0.15, 0.2) is 48.5 Å². The fourth-order valence-corrected chi connectivity index (χ4v) is 3.96. The third kappa shape index (κ3) is 4.66. The Balaban J connectivity index is 1.78. The molecule has 3 nitrogen and oxygen atoms in total. The van der Waals surface area contributed by atoms with Gasteiger partial charge in [-0.3, -0.25) is 9.69 Å². The van der Waals surface area contributed by atoms with Crippen molar-refractivity contribution in [1.82, 2.24) is 10.2 Å². The predicted molar refractivity (Wildman–Crippen MR) is 108 cm³/mol. The first-order chi connectivity index (χ1) is 12.7. The molecule has 0 aliphatic carbocycles. The van der Waals surface area contributed by atoms with E-state index in [-0.39, 0.29) is 11.9 Å². The van der Waals surface area contributed by atoms with Crippen LogP contribution in [0.3, 0.4) is 0 Å². The molecule has 2 aromatic carbocycles. The van der Waals surface area contributed by atoms with E-state index < -0.39 is 0 Å². The molecule has 1 aliphatic rings. The van der Waals surface area contributed by atoms with E-state index in [4.69, 9.17) is 11.6 Å². The highest BCUT2D eigenvalue weighted by Crippen LogP contribution is 2.29. The summed E-state index contributed by atoms with van der Waals surface area (Å²) in [6.45, 7) is 4.64. The molecule has 1 atom stereocenters. The Kier molecular flexibility index (Phi) is 6.70. The van der Waals surface area contributed by atoms with Gasteiger partial charge in [0.2, 0.25) is 0 Å². The van der Waals surface area contributed by atoms with Gasteiger partial charge in [-0.1, -0.05) is 60.8 Å². The largest absolute Gasteiger partial charge is 0.350 e. The molecule has 4 heteroatoms. The van der Waals surface area contributed by atoms with Crippen molar-refractivity contribution >= 4 is 17.5 Å². The second-order valence-corrected chi connectivity index (χ2v) is 7.42. The number of halogens is 1. The van der Waals surface area contributed by atoms with Gasteiger partial charge in [0.1, 0.15) is 0 Å². The van der Waals surface area contributed by atoms with E-state index in [1.165, 1.54) is 25.7 Å². The van der Waals surface area contributed by atoms with Gasteiger partial charge < -0.3 is 5.32 Å². The lowest BCUT2D eigenvalue weighted by Gasteiger charge is -2.32. The van der Waals surface area contributed by atoms with Crippen molar-refractivity contribution in [3.63, 3.8) is 0 Å². The van der Waals surface area contributed by atoms with Crippen molar-refractivity contribution in [3.8, 4) is 0 Å². The first kappa shape index (κ1) is 18.9. The highest BCUT2D eigenvalue weighted by atomic mass is 35.5. The molecule has 0 saturated carbocycles. The summed E-state index contributed by atoms with van der Waals surface area (Å²) in [6.07, 6.45) is 4.96. The zero-order valence-corrected chi connectivity index (χ0v) is 16.1. The third-order valence-corrected chi connectivity index (χ3v) is 5.54. The molecule has 0 bridgehead atoms. The summed E-state index contributed by atoms with van der Waals surface area (Å²) >= 11 is 6.50. The van der Waals surface area contributed by atoms with E-state index in [2.05, 4.69) is 16.3 Å². The van der Waals surface area contributed by atoms with Crippen LogP contribution in [0.4, 0.5) is 0 Å². The number of carbonyl (C=O) groups is 1. The van der Waals surface area contributed by atoms with Crippen molar-refractivity contribution in [3.05, 3.63) is 70.2 Å². The van der Waals surface area contributed by atoms with Crippen molar-refractivity contribution in [1.29, 1.82) is 0 Å². The molecule has 1 heterocycles. The SMILES string of the molecule is Cc1ccccc1C(=O)NC[C@H](c1ccccc1Cl)N1CCCCCC1. The van der Waals surface area contributed by atoms with Crippen molar-refractivity contribution < 1.29 is 4.79 Å². The van der Waals surface area contributed by atoms with Crippen LogP contribution in [0, 0.1) is 6.92 Å². The smallest absolute Gasteiger partial charge is 0.251 e. The molecule has 3 rings (SSSR count). The molecular weight excluding hydrogens is 344 g/mol. The monoisotopic (exact) mass is 370 g/mol. The van der Waals surface area contributed by atoms with Gasteiger partial charge in [-0.05, 0) is 56.1 Å². The fraction of sp³-hybridized carbons (Fsp3) is 0.409. The van der Waals surface area contributed by atoms with Crippen molar-refractivity contribution in [2.75, 3.05) is 19.6 Å². The Morgan fingerprint density at radius 1 is 1.04 bits per heavy atom. The van der Waals surface area contributed by atoms with Crippen molar-refractivity contribution in [2.24, 2.45) is 0 Å². The topological polar surface area (TPSA) is 32.3 Å². The van der Waals surface area contributed by atoms with Gasteiger partial charge in [0.05, 0.1) is 6.04 Å². The van der Waals surface area contributed by atoms with Crippen LogP contribution in [0.2, 0.25) is 5.02 Å². The minimum atomic E-state index is -0.0185. The van der Waals surface area contributed by atoms with Gasteiger partial charge in [-0.25, -0.2) is 0 Å². The number of amides is 1. The highest BCUT2D eigenvalue weighted by molar-refractivity contribution is 6.31. The molecule has 1 aliphatic heterocycles. The summed E-state index contributed by atoms with van der Waals surface area (Å²) in [5.74, 6) is -0.0185. The number of hydrogen-bond acceptors (Lipinski definition) is 2. The number of nitrogens with zero attached hydrogens (tertiary/aromatic N) is 1. The molecule has 1 fully saturated rings. The summed E-state index contributed by atoms with van der Waals surface area (Å²) in [5.41, 5.74) is 2.83. The average Bonchev–Trinajstić information content (AvgIpc) is 2.93. The van der Waals surface area contributed by atoms with Gasteiger partial charge >= 0.3 is 0 Å². The first-order valence-electron chi connectivity index (χ1n) is 9.49. The van der Waals surface area contributed by atoms with Gasteiger partial charge in [0, 0.05) is 17.1 Å². The number of carbonyl (C=O) groups excluding carboxylic acids is 1. The third-order valence-electron chi connectivity index (χ3n) is 5.19. The molecule has 0 radical (unpaired) electrons. The number of hydrogen-bond donors (Lipinski definition) is 1. The molecule has 2 aromatic rings. The number of rotatable bonds is 5. The molecule has 1 N–H and O–H groups in total. The number of likely N-dealkylation sites (tertiary alicyclic amines) is 1. The quantitative estimate of drug-likeness (QED) is 0.803. The van der Waals surface area contributed by atoms with E-state index in [1.807, 2.05) is 49.4 Å². The Hall–Kier alpha value is -1.84. The van der Waals surface area contributed by atoms with Crippen LogP contribution >= 0.6 is 11.6 Å². The van der Waals surface area contributed by atoms with Crippen LogP contribution in [-0.2, 0) is 0 Å². The lowest BCUT2D eigenvalue weighted by molar-refractivity contribution is 0.0932. The Morgan fingerprint density at radius 2 is 1.69 bits per heavy atom. The maximum Gasteiger partial charge on any atom is 0.251 e. The van der Waals surface area contributed by atoms with Crippen LogP contribution in [-0.4, -0.2) is 30.4 Å². The zero-order chi connectivity index (χ0) is 18.4. The van der Waals surface area contributed by atoms with Gasteiger partial charge in [0.25, 0.3) is 5.91 Å². The fourth-order valence-electron chi connectivity index (χ4n) is 3.70. The Morgan fingerprint density at radius 3 is 2.38 bits per heavy atom. The van der Waals surface area contributed by atoms with E-state index in [1.54, 1.807) is 0 Å². The lowest BCUT2D eigenvalue weighted by Crippen LogP contribution is -2.39. The summed E-state index contributed by atoms with van der Waals surface area (Å²) in [6, 6.07) is 15.8. The molecule has 1 saturated heterocycles. The molecule has 0 aromatic heterocycles. The van der Waals surface area contributed by atoms with E-state index in [9.17, 15) is 4.79 Å². The van der Waals surface area contributed by atoms with Crippen LogP contribution < -0.4 is 5.32 Å². The molecule has 0 unspecified atom stereocenters. The van der Waals surface area contributed by atoms with E-state index in [0.717, 1.165) is 34.8 Å². The Bertz CT molecular complexity index is 738. The molecule has 1 amide bonds. The second-order valence-electron chi connectivity index (χ2n) is 7.01. The average molecular weight is 371 g/mol. The molecular formula is C22H27ClN2O. The van der Waals surface area contributed by atoms with Crippen LogP contribution in [0.5, 0.6) is 0 Å². The maximum atomic E-state index is 12.7. The standard InChI is InChI=1S/C22H27ClN2O/c1-17-10-4-5-11-18(17)22(26)24-16-21(19-12-6-7-13-20(19)23)25-14-8-2-3-9-15-25/h4-7,10-13,21H,2-3,8-9,14-16H2,1H3,(H,24,26)/t21-/m1/s1. The zero-order valence-electron chi connectivity index (χ0n) is 15.4. The molecule has 26 heavy (non-hydrogen) atoms. The number of aryl methyl sites for hydroxylation is 1. The second kappa shape index (κ2) is 9.20. The first-order valence-corrected chi connectivity index (χ1v) is 9.87. The summed E-state index contributed by atoms with van der Waals surface area (Å²) < 4.78 is 0. The minimum Gasteiger partial charge on any atom is -0.350 e. The van der Waals surface area contributed by atoms with E-state index in [0.29, 0.717) is 6.54 Å². The molecule has 0 spiro atoms. The van der Waals surface area contributed by atoms with Gasteiger partial charge in [0.15, 0.2) is 0 Å². The summed E-state index contributed by atoms with van der Waals surface area (Å²) in [4.78, 5) is 15.2. The van der Waals surface area contributed by atoms with Gasteiger partial charge in [-0.15, -0.1) is 0 Å². The van der Waals surface area contributed by atoms with E-state index >= 15 is 0 Å². The van der Waals surface area contributed by atoms with Crippen LogP contribution in [0.1, 0.15) is 53.2 Å². The minimum absolute atomic E-state index is 0.0185. The number of benzene rings is 2. The normalized spacial score (nSPS) is 16.7. The van der Waals surface area contributed by atoms with Crippen molar-refractivity contribution in [2.45, 2.75) is 38.6 Å². The predicted octanol–water partition coefficient (Wildman–Crippen LogP) is 5.00. The number of nitrogens with one attached hydrogen (secondary N) is 1. The molecule has 138 valence electrons. The Labute approximate surface area is 161 Å². The maximum absolute atomic E-state index is 12.7. The highest BCUT2D eigenvalue weighted by Gasteiger charge is 2.24. The van der Waals surface area contributed by atoms with Crippen LogP contribution in [0.25, 0.3) is 0 Å². The summed E-state index contributed by atoms with van der Waals surface area (Å²) in [7, 11) is 0.